The van der Waals surface area contributed by atoms with Gasteiger partial charge in [-0.1, -0.05) is 0 Å². The number of alkyl halides is 3. The summed E-state index contributed by atoms with van der Waals surface area (Å²) in [7, 11) is 1.53. The second-order valence-electron chi connectivity index (χ2n) is 3.67. The fraction of sp³-hybridized carbons (Fsp3) is 0.364. The summed E-state index contributed by atoms with van der Waals surface area (Å²) >= 11 is 0. The SMILES string of the molecule is COc1ccc2nc(COCC(F)(F)F)[nH]c2c1. The number of benzene rings is 1. The van der Waals surface area contributed by atoms with E-state index >= 15 is 0 Å². The quantitative estimate of drug-likeness (QED) is 0.919. The molecule has 1 heterocycles. The standard InChI is InChI=1S/C11H11F3N2O2/c1-17-7-2-3-8-9(4-7)16-10(15-8)5-18-6-11(12,13)14/h2-4H,5-6H2,1H3,(H,15,16). The third-order valence-corrected chi connectivity index (χ3v) is 2.24. The highest BCUT2D eigenvalue weighted by Crippen LogP contribution is 2.19. The molecular weight excluding hydrogens is 249 g/mol. The van der Waals surface area contributed by atoms with E-state index < -0.39 is 12.8 Å². The van der Waals surface area contributed by atoms with Gasteiger partial charge in [0, 0.05) is 6.07 Å². The summed E-state index contributed by atoms with van der Waals surface area (Å²) < 4.78 is 45.2. The molecule has 0 aliphatic carbocycles. The van der Waals surface area contributed by atoms with Gasteiger partial charge >= 0.3 is 6.18 Å². The fourth-order valence-electron chi connectivity index (χ4n) is 1.50. The van der Waals surface area contributed by atoms with Gasteiger partial charge in [0.25, 0.3) is 0 Å². The van der Waals surface area contributed by atoms with Crippen LogP contribution < -0.4 is 4.74 Å². The van der Waals surface area contributed by atoms with Gasteiger partial charge in [-0.3, -0.25) is 0 Å². The molecule has 0 amide bonds. The van der Waals surface area contributed by atoms with Crippen LogP contribution in [0.4, 0.5) is 13.2 Å². The van der Waals surface area contributed by atoms with E-state index in [0.29, 0.717) is 22.6 Å². The number of hydrogen-bond donors (Lipinski definition) is 1. The molecule has 1 N–H and O–H groups in total. The lowest BCUT2D eigenvalue weighted by Gasteiger charge is -2.05. The smallest absolute Gasteiger partial charge is 0.411 e. The highest BCUT2D eigenvalue weighted by atomic mass is 19.4. The summed E-state index contributed by atoms with van der Waals surface area (Å²) in [5, 5.41) is 0. The molecular formula is C11H11F3N2O2. The first-order valence-corrected chi connectivity index (χ1v) is 5.15. The Morgan fingerprint density at radius 1 is 1.33 bits per heavy atom. The number of halogens is 3. The molecule has 0 saturated heterocycles. The van der Waals surface area contributed by atoms with Gasteiger partial charge in [-0.25, -0.2) is 4.98 Å². The fourth-order valence-corrected chi connectivity index (χ4v) is 1.50. The molecule has 0 atom stereocenters. The molecule has 0 bridgehead atoms. The Morgan fingerprint density at radius 2 is 2.11 bits per heavy atom. The van der Waals surface area contributed by atoms with E-state index in [2.05, 4.69) is 14.7 Å². The Balaban J connectivity index is 2.06. The zero-order valence-corrected chi connectivity index (χ0v) is 9.54. The van der Waals surface area contributed by atoms with Gasteiger partial charge in [-0.05, 0) is 12.1 Å². The number of nitrogens with one attached hydrogen (secondary N) is 1. The van der Waals surface area contributed by atoms with E-state index in [1.165, 1.54) is 7.11 Å². The number of nitrogens with zero attached hydrogens (tertiary/aromatic N) is 1. The van der Waals surface area contributed by atoms with Crippen LogP contribution in [0, 0.1) is 0 Å². The monoisotopic (exact) mass is 260 g/mol. The van der Waals surface area contributed by atoms with Crippen LogP contribution >= 0.6 is 0 Å². The molecule has 7 heteroatoms. The third-order valence-electron chi connectivity index (χ3n) is 2.24. The molecule has 98 valence electrons. The molecule has 0 spiro atoms. The van der Waals surface area contributed by atoms with E-state index in [-0.39, 0.29) is 6.61 Å². The third kappa shape index (κ3) is 3.13. The van der Waals surface area contributed by atoms with Gasteiger partial charge in [0.05, 0.1) is 18.1 Å². The molecule has 0 aliphatic rings. The van der Waals surface area contributed by atoms with Crippen LogP contribution in [0.3, 0.4) is 0 Å². The van der Waals surface area contributed by atoms with Gasteiger partial charge in [0.15, 0.2) is 0 Å². The summed E-state index contributed by atoms with van der Waals surface area (Å²) in [6.45, 7) is -1.50. The number of fused-ring (bicyclic) bond motifs is 1. The van der Waals surface area contributed by atoms with Crippen molar-refractivity contribution in [2.24, 2.45) is 0 Å². The van der Waals surface area contributed by atoms with Gasteiger partial charge < -0.3 is 14.5 Å². The largest absolute Gasteiger partial charge is 0.497 e. The van der Waals surface area contributed by atoms with Crippen molar-refractivity contribution in [2.45, 2.75) is 12.8 Å². The van der Waals surface area contributed by atoms with Crippen molar-refractivity contribution in [2.75, 3.05) is 13.7 Å². The summed E-state index contributed by atoms with van der Waals surface area (Å²) in [6.07, 6.45) is -4.32. The molecule has 4 nitrogen and oxygen atoms in total. The first kappa shape index (κ1) is 12.7. The lowest BCUT2D eigenvalue weighted by molar-refractivity contribution is -0.177. The molecule has 1 aromatic carbocycles. The van der Waals surface area contributed by atoms with Crippen molar-refractivity contribution in [3.05, 3.63) is 24.0 Å². The van der Waals surface area contributed by atoms with Crippen LogP contribution in [0.15, 0.2) is 18.2 Å². The minimum absolute atomic E-state index is 0.212. The number of aromatic amines is 1. The van der Waals surface area contributed by atoms with Crippen LogP contribution in [-0.2, 0) is 11.3 Å². The van der Waals surface area contributed by atoms with E-state index in [1.807, 2.05) is 0 Å². The van der Waals surface area contributed by atoms with E-state index in [9.17, 15) is 13.2 Å². The normalized spacial score (nSPS) is 12.0. The van der Waals surface area contributed by atoms with Gasteiger partial charge in [0.1, 0.15) is 24.8 Å². The van der Waals surface area contributed by atoms with Crippen molar-refractivity contribution >= 4 is 11.0 Å². The van der Waals surface area contributed by atoms with Crippen molar-refractivity contribution in [1.29, 1.82) is 0 Å². The Labute approximate surface area is 101 Å². The first-order chi connectivity index (χ1) is 8.48. The average Bonchev–Trinajstić information content (AvgIpc) is 2.68. The number of ether oxygens (including phenoxy) is 2. The Bertz CT molecular complexity index is 537. The zero-order chi connectivity index (χ0) is 13.2. The Morgan fingerprint density at radius 3 is 2.78 bits per heavy atom. The molecule has 1 aromatic heterocycles. The number of rotatable bonds is 4. The average molecular weight is 260 g/mol. The van der Waals surface area contributed by atoms with Gasteiger partial charge in [0.2, 0.25) is 0 Å². The second kappa shape index (κ2) is 4.85. The molecule has 2 rings (SSSR count). The highest BCUT2D eigenvalue weighted by Gasteiger charge is 2.27. The zero-order valence-electron chi connectivity index (χ0n) is 9.54. The van der Waals surface area contributed by atoms with Gasteiger partial charge in [-0.2, -0.15) is 13.2 Å². The number of aromatic nitrogens is 2. The van der Waals surface area contributed by atoms with Crippen LogP contribution in [0.1, 0.15) is 5.82 Å². The maximum absolute atomic E-state index is 11.9. The lowest BCUT2D eigenvalue weighted by Crippen LogP contribution is -2.16. The summed E-state index contributed by atoms with van der Waals surface area (Å²) in [5.41, 5.74) is 1.35. The first-order valence-electron chi connectivity index (χ1n) is 5.15. The minimum Gasteiger partial charge on any atom is -0.497 e. The van der Waals surface area contributed by atoms with Crippen molar-refractivity contribution in [3.8, 4) is 5.75 Å². The molecule has 0 radical (unpaired) electrons. The number of methoxy groups -OCH3 is 1. The molecule has 0 saturated carbocycles. The van der Waals surface area contributed by atoms with Crippen LogP contribution in [0.25, 0.3) is 11.0 Å². The van der Waals surface area contributed by atoms with Crippen LogP contribution in [-0.4, -0.2) is 29.9 Å². The maximum Gasteiger partial charge on any atom is 0.411 e. The summed E-state index contributed by atoms with van der Waals surface area (Å²) in [6, 6.07) is 5.16. The predicted octanol–water partition coefficient (Wildman–Crippen LogP) is 2.65. The van der Waals surface area contributed by atoms with E-state index in [1.54, 1.807) is 18.2 Å². The van der Waals surface area contributed by atoms with Crippen molar-refractivity contribution < 1.29 is 22.6 Å². The van der Waals surface area contributed by atoms with Crippen molar-refractivity contribution in [3.63, 3.8) is 0 Å². The van der Waals surface area contributed by atoms with E-state index in [0.717, 1.165) is 0 Å². The molecule has 0 aliphatic heterocycles. The Kier molecular flexibility index (Phi) is 3.42. The van der Waals surface area contributed by atoms with Crippen molar-refractivity contribution in [1.82, 2.24) is 9.97 Å². The number of hydrogen-bond acceptors (Lipinski definition) is 3. The number of H-pyrrole nitrogens is 1. The molecule has 2 aromatic rings. The topological polar surface area (TPSA) is 47.1 Å². The van der Waals surface area contributed by atoms with Gasteiger partial charge in [-0.15, -0.1) is 0 Å². The number of imidazole rings is 1. The highest BCUT2D eigenvalue weighted by molar-refractivity contribution is 5.76. The summed E-state index contributed by atoms with van der Waals surface area (Å²) in [5.74, 6) is 0.997. The Hall–Kier alpha value is -1.76. The van der Waals surface area contributed by atoms with Crippen LogP contribution in [0.5, 0.6) is 5.75 Å². The maximum atomic E-state index is 11.9. The van der Waals surface area contributed by atoms with E-state index in [4.69, 9.17) is 4.74 Å². The summed E-state index contributed by atoms with van der Waals surface area (Å²) in [4.78, 5) is 6.98. The molecule has 18 heavy (non-hydrogen) atoms. The second-order valence-corrected chi connectivity index (χ2v) is 3.67. The van der Waals surface area contributed by atoms with Crippen LogP contribution in [0.2, 0.25) is 0 Å². The minimum atomic E-state index is -4.32. The molecule has 0 unspecified atom stereocenters. The molecule has 0 fully saturated rings. The lowest BCUT2D eigenvalue weighted by atomic mass is 10.3. The predicted molar refractivity (Wildman–Crippen MR) is 58.4 cm³/mol.